The molecule has 146 valence electrons. The minimum Gasteiger partial charge on any atom is -0.340 e. The summed E-state index contributed by atoms with van der Waals surface area (Å²) >= 11 is 0. The zero-order chi connectivity index (χ0) is 19.6. The standard InChI is InChI=1S/C21H21N7O/c29-20-11-8-15-13-22-19(12-18(15)28(20)17-4-2-1-3-5-17)23-16-9-6-14(7-10-16)21-24-26-27-25-21/h6-13,17H,1-5H2,(H,22,23)(H,24,25,26,27). The average Bonchev–Trinajstić information content (AvgIpc) is 3.30. The van der Waals surface area contributed by atoms with Gasteiger partial charge in [-0.25, -0.2) is 4.98 Å². The first-order chi connectivity index (χ1) is 14.3. The number of tetrazole rings is 1. The molecule has 0 aliphatic heterocycles. The van der Waals surface area contributed by atoms with E-state index in [4.69, 9.17) is 0 Å². The zero-order valence-electron chi connectivity index (χ0n) is 15.9. The Balaban J connectivity index is 1.47. The highest BCUT2D eigenvalue weighted by molar-refractivity contribution is 5.81. The van der Waals surface area contributed by atoms with Gasteiger partial charge in [0.15, 0.2) is 0 Å². The van der Waals surface area contributed by atoms with Crippen LogP contribution in [-0.2, 0) is 0 Å². The lowest BCUT2D eigenvalue weighted by Crippen LogP contribution is -2.26. The lowest BCUT2D eigenvalue weighted by Gasteiger charge is -2.25. The van der Waals surface area contributed by atoms with E-state index in [0.29, 0.717) is 11.6 Å². The van der Waals surface area contributed by atoms with E-state index in [0.717, 1.165) is 35.0 Å². The Labute approximate surface area is 167 Å². The van der Waals surface area contributed by atoms with Crippen LogP contribution in [-0.4, -0.2) is 30.2 Å². The molecule has 0 spiro atoms. The third-order valence-corrected chi connectivity index (χ3v) is 5.52. The second-order valence-electron chi connectivity index (χ2n) is 7.40. The van der Waals surface area contributed by atoms with Crippen LogP contribution in [0.25, 0.3) is 22.3 Å². The first-order valence-corrected chi connectivity index (χ1v) is 9.90. The number of hydrogen-bond donors (Lipinski definition) is 2. The van der Waals surface area contributed by atoms with E-state index in [1.54, 1.807) is 6.07 Å². The molecule has 4 aromatic rings. The number of anilines is 2. The quantitative estimate of drug-likeness (QED) is 0.552. The largest absolute Gasteiger partial charge is 0.340 e. The molecular formula is C21H21N7O. The van der Waals surface area contributed by atoms with E-state index < -0.39 is 0 Å². The molecule has 29 heavy (non-hydrogen) atoms. The van der Waals surface area contributed by atoms with E-state index >= 15 is 0 Å². The number of pyridine rings is 2. The highest BCUT2D eigenvalue weighted by Crippen LogP contribution is 2.30. The molecule has 5 rings (SSSR count). The van der Waals surface area contributed by atoms with Crippen LogP contribution in [0.15, 0.2) is 53.5 Å². The molecule has 0 amide bonds. The molecule has 0 unspecified atom stereocenters. The minimum absolute atomic E-state index is 0.0611. The topological polar surface area (TPSA) is 101 Å². The first kappa shape index (κ1) is 17.5. The summed E-state index contributed by atoms with van der Waals surface area (Å²) in [5, 5.41) is 18.3. The molecule has 2 N–H and O–H groups in total. The zero-order valence-corrected chi connectivity index (χ0v) is 15.9. The average molecular weight is 387 g/mol. The molecule has 1 fully saturated rings. The van der Waals surface area contributed by atoms with Crippen LogP contribution in [0.2, 0.25) is 0 Å². The molecule has 8 nitrogen and oxygen atoms in total. The Bertz CT molecular complexity index is 1180. The second kappa shape index (κ2) is 7.46. The molecule has 0 saturated heterocycles. The van der Waals surface area contributed by atoms with E-state index in [1.807, 2.05) is 47.2 Å². The molecule has 8 heteroatoms. The number of nitrogens with zero attached hydrogens (tertiary/aromatic N) is 5. The van der Waals surface area contributed by atoms with Gasteiger partial charge in [0.1, 0.15) is 5.82 Å². The van der Waals surface area contributed by atoms with Crippen molar-refractivity contribution in [2.45, 2.75) is 38.1 Å². The monoisotopic (exact) mass is 387 g/mol. The predicted octanol–water partition coefficient (Wildman–Crippen LogP) is 3.83. The fraction of sp³-hybridized carbons (Fsp3) is 0.286. The third kappa shape index (κ3) is 3.49. The van der Waals surface area contributed by atoms with Crippen molar-refractivity contribution in [3.05, 3.63) is 59.0 Å². The number of rotatable bonds is 4. The molecule has 1 aliphatic rings. The van der Waals surface area contributed by atoms with Gasteiger partial charge in [0, 0.05) is 41.0 Å². The predicted molar refractivity (Wildman–Crippen MR) is 111 cm³/mol. The van der Waals surface area contributed by atoms with Crippen LogP contribution in [0.3, 0.4) is 0 Å². The van der Waals surface area contributed by atoms with Gasteiger partial charge in [-0.1, -0.05) is 19.3 Å². The molecule has 3 aromatic heterocycles. The van der Waals surface area contributed by atoms with Crippen molar-refractivity contribution in [2.24, 2.45) is 0 Å². The fourth-order valence-electron chi connectivity index (χ4n) is 4.07. The number of nitrogens with one attached hydrogen (secondary N) is 2. The van der Waals surface area contributed by atoms with Gasteiger partial charge in [-0.15, -0.1) is 10.2 Å². The van der Waals surface area contributed by atoms with Gasteiger partial charge < -0.3 is 9.88 Å². The van der Waals surface area contributed by atoms with E-state index in [1.165, 1.54) is 19.3 Å². The summed E-state index contributed by atoms with van der Waals surface area (Å²) in [5.41, 5.74) is 2.77. The van der Waals surface area contributed by atoms with Crippen LogP contribution in [0.1, 0.15) is 38.1 Å². The summed E-state index contributed by atoms with van der Waals surface area (Å²) in [6.07, 6.45) is 7.55. The van der Waals surface area contributed by atoms with Crippen molar-refractivity contribution in [3.63, 3.8) is 0 Å². The van der Waals surface area contributed by atoms with Crippen molar-refractivity contribution in [1.82, 2.24) is 30.2 Å². The Hall–Kier alpha value is -3.55. The first-order valence-electron chi connectivity index (χ1n) is 9.90. The van der Waals surface area contributed by atoms with Gasteiger partial charge >= 0.3 is 0 Å². The van der Waals surface area contributed by atoms with Crippen LogP contribution in [0, 0.1) is 0 Å². The summed E-state index contributed by atoms with van der Waals surface area (Å²) in [7, 11) is 0. The molecule has 0 atom stereocenters. The van der Waals surface area contributed by atoms with Crippen LogP contribution < -0.4 is 10.9 Å². The second-order valence-corrected chi connectivity index (χ2v) is 7.40. The molecule has 1 aromatic carbocycles. The Kier molecular flexibility index (Phi) is 4.51. The lowest BCUT2D eigenvalue weighted by atomic mass is 9.95. The highest BCUT2D eigenvalue weighted by atomic mass is 16.1. The number of H-pyrrole nitrogens is 1. The summed E-state index contributed by atoms with van der Waals surface area (Å²) in [5.74, 6) is 1.26. The molecule has 1 saturated carbocycles. The van der Waals surface area contributed by atoms with E-state index in [9.17, 15) is 4.79 Å². The Morgan fingerprint density at radius 2 is 1.86 bits per heavy atom. The van der Waals surface area contributed by atoms with Gasteiger partial charge in [-0.05, 0) is 48.4 Å². The molecular weight excluding hydrogens is 366 g/mol. The number of aromatic amines is 1. The van der Waals surface area contributed by atoms with Crippen molar-refractivity contribution < 1.29 is 0 Å². The summed E-state index contributed by atoms with van der Waals surface area (Å²) < 4.78 is 1.96. The Morgan fingerprint density at radius 1 is 1.03 bits per heavy atom. The van der Waals surface area contributed by atoms with Crippen LogP contribution >= 0.6 is 0 Å². The highest BCUT2D eigenvalue weighted by Gasteiger charge is 2.18. The maximum absolute atomic E-state index is 12.7. The molecule has 1 aliphatic carbocycles. The molecule has 0 radical (unpaired) electrons. The number of hydrogen-bond acceptors (Lipinski definition) is 6. The van der Waals surface area contributed by atoms with E-state index in [2.05, 4.69) is 30.9 Å². The summed E-state index contributed by atoms with van der Waals surface area (Å²) in [6.45, 7) is 0. The summed E-state index contributed by atoms with van der Waals surface area (Å²) in [6, 6.07) is 13.5. The Morgan fingerprint density at radius 3 is 2.62 bits per heavy atom. The lowest BCUT2D eigenvalue weighted by molar-refractivity contribution is 0.354. The molecule has 3 heterocycles. The van der Waals surface area contributed by atoms with Gasteiger partial charge in [0.2, 0.25) is 5.82 Å². The smallest absolute Gasteiger partial charge is 0.251 e. The number of aromatic nitrogens is 6. The van der Waals surface area contributed by atoms with Crippen LogP contribution in [0.4, 0.5) is 11.5 Å². The SMILES string of the molecule is O=c1ccc2cnc(Nc3ccc(-c4nn[nH]n4)cc3)cc2n1C1CCCCC1. The van der Waals surface area contributed by atoms with Crippen molar-refractivity contribution in [1.29, 1.82) is 0 Å². The van der Waals surface area contributed by atoms with Gasteiger partial charge in [0.05, 0.1) is 5.52 Å². The maximum Gasteiger partial charge on any atom is 0.251 e. The van der Waals surface area contributed by atoms with Crippen molar-refractivity contribution in [3.8, 4) is 11.4 Å². The van der Waals surface area contributed by atoms with Gasteiger partial charge in [0.25, 0.3) is 5.56 Å². The number of benzene rings is 1. The maximum atomic E-state index is 12.7. The normalized spacial score (nSPS) is 14.9. The summed E-state index contributed by atoms with van der Waals surface area (Å²) in [4.78, 5) is 17.2. The van der Waals surface area contributed by atoms with Crippen molar-refractivity contribution >= 4 is 22.4 Å². The number of fused-ring (bicyclic) bond motifs is 1. The minimum atomic E-state index is 0.0611. The van der Waals surface area contributed by atoms with E-state index in [-0.39, 0.29) is 11.6 Å². The van der Waals surface area contributed by atoms with Gasteiger partial charge in [-0.3, -0.25) is 4.79 Å². The fourth-order valence-corrected chi connectivity index (χ4v) is 4.07. The van der Waals surface area contributed by atoms with Crippen LogP contribution in [0.5, 0.6) is 0 Å². The third-order valence-electron chi connectivity index (χ3n) is 5.52. The van der Waals surface area contributed by atoms with Gasteiger partial charge in [-0.2, -0.15) is 5.21 Å². The molecule has 0 bridgehead atoms. The van der Waals surface area contributed by atoms with Crippen molar-refractivity contribution in [2.75, 3.05) is 5.32 Å².